The Morgan fingerprint density at radius 3 is 2.73 bits per heavy atom. The van der Waals surface area contributed by atoms with Crippen LogP contribution in [0, 0.1) is 5.92 Å². The molecule has 1 N–H and O–H groups in total. The van der Waals surface area contributed by atoms with Crippen LogP contribution in [0.4, 0.5) is 13.2 Å². The number of hydrogen-bond donors (Lipinski definition) is 1. The third-order valence-electron chi connectivity index (χ3n) is 4.47. The Labute approximate surface area is 149 Å². The van der Waals surface area contributed by atoms with Crippen molar-refractivity contribution in [2.75, 3.05) is 0 Å². The second-order valence-corrected chi connectivity index (χ2v) is 6.73. The molecular weight excluding hydrogens is 347 g/mol. The molecule has 0 aromatic carbocycles. The van der Waals surface area contributed by atoms with Gasteiger partial charge in [-0.3, -0.25) is 14.2 Å². The first-order chi connectivity index (χ1) is 12.3. The first-order valence-corrected chi connectivity index (χ1v) is 8.72. The second-order valence-electron chi connectivity index (χ2n) is 6.73. The lowest BCUT2D eigenvalue weighted by atomic mass is 10.1. The van der Waals surface area contributed by atoms with Crippen molar-refractivity contribution in [1.82, 2.24) is 24.9 Å². The van der Waals surface area contributed by atoms with Crippen molar-refractivity contribution >= 4 is 5.91 Å². The third-order valence-corrected chi connectivity index (χ3v) is 4.47. The van der Waals surface area contributed by atoms with Crippen LogP contribution in [0.3, 0.4) is 0 Å². The highest BCUT2D eigenvalue weighted by atomic mass is 19.4. The van der Waals surface area contributed by atoms with E-state index in [1.807, 2.05) is 13.1 Å². The number of rotatable bonds is 7. The molecule has 2 heterocycles. The number of amides is 1. The zero-order valence-electron chi connectivity index (χ0n) is 14.8. The van der Waals surface area contributed by atoms with Crippen molar-refractivity contribution in [2.45, 2.75) is 58.4 Å². The highest BCUT2D eigenvalue weighted by molar-refractivity contribution is 5.78. The van der Waals surface area contributed by atoms with Crippen molar-refractivity contribution in [3.8, 4) is 0 Å². The molecule has 26 heavy (non-hydrogen) atoms. The van der Waals surface area contributed by atoms with E-state index in [-0.39, 0.29) is 18.4 Å². The Hall–Kier alpha value is -2.32. The van der Waals surface area contributed by atoms with E-state index in [0.29, 0.717) is 12.2 Å². The molecule has 2 aromatic heterocycles. The Balaban J connectivity index is 1.62. The van der Waals surface area contributed by atoms with E-state index >= 15 is 0 Å². The van der Waals surface area contributed by atoms with Crippen molar-refractivity contribution in [2.24, 2.45) is 5.92 Å². The standard InChI is InChI=1S/C17H22F3N5O/c1-3-24-10-12(8-22-24)7-21-16(26)11(2)9-25-14(13-4-5-13)6-15(23-25)17(18,19)20/h6,8,10-11,13H,3-5,7,9H2,1-2H3,(H,21,26). The second kappa shape index (κ2) is 7.13. The molecule has 0 aliphatic heterocycles. The van der Waals surface area contributed by atoms with Crippen molar-refractivity contribution < 1.29 is 18.0 Å². The van der Waals surface area contributed by atoms with Crippen LogP contribution in [0.15, 0.2) is 18.5 Å². The van der Waals surface area contributed by atoms with E-state index < -0.39 is 17.8 Å². The topological polar surface area (TPSA) is 64.7 Å². The van der Waals surface area contributed by atoms with Gasteiger partial charge in [-0.15, -0.1) is 0 Å². The first kappa shape index (κ1) is 18.5. The molecule has 3 rings (SSSR count). The van der Waals surface area contributed by atoms with Gasteiger partial charge in [-0.1, -0.05) is 6.92 Å². The van der Waals surface area contributed by atoms with Gasteiger partial charge >= 0.3 is 6.18 Å². The van der Waals surface area contributed by atoms with Crippen LogP contribution in [-0.4, -0.2) is 25.5 Å². The van der Waals surface area contributed by atoms with Crippen LogP contribution >= 0.6 is 0 Å². The van der Waals surface area contributed by atoms with E-state index in [0.717, 1.165) is 31.0 Å². The SMILES string of the molecule is CCn1cc(CNC(=O)C(C)Cn2nc(C(F)(F)F)cc2C2CC2)cn1. The van der Waals surface area contributed by atoms with Gasteiger partial charge in [0, 0.05) is 36.5 Å². The van der Waals surface area contributed by atoms with Crippen LogP contribution in [0.5, 0.6) is 0 Å². The van der Waals surface area contributed by atoms with E-state index in [2.05, 4.69) is 15.5 Å². The molecule has 1 unspecified atom stereocenters. The molecule has 0 radical (unpaired) electrons. The van der Waals surface area contributed by atoms with Gasteiger partial charge in [0.15, 0.2) is 5.69 Å². The maximum absolute atomic E-state index is 12.9. The fourth-order valence-corrected chi connectivity index (χ4v) is 2.80. The zero-order chi connectivity index (χ0) is 18.9. The fourth-order valence-electron chi connectivity index (χ4n) is 2.80. The highest BCUT2D eigenvalue weighted by Gasteiger charge is 2.38. The zero-order valence-corrected chi connectivity index (χ0v) is 14.8. The number of aryl methyl sites for hydroxylation is 1. The summed E-state index contributed by atoms with van der Waals surface area (Å²) in [5.41, 5.74) is 0.560. The van der Waals surface area contributed by atoms with Gasteiger partial charge < -0.3 is 5.32 Å². The minimum Gasteiger partial charge on any atom is -0.352 e. The quantitative estimate of drug-likeness (QED) is 0.816. The summed E-state index contributed by atoms with van der Waals surface area (Å²) in [5.74, 6) is -0.594. The molecule has 0 spiro atoms. The van der Waals surface area contributed by atoms with Crippen LogP contribution in [0.2, 0.25) is 0 Å². The lowest BCUT2D eigenvalue weighted by molar-refractivity contribution is -0.141. The van der Waals surface area contributed by atoms with Gasteiger partial charge in [0.2, 0.25) is 5.91 Å². The lowest BCUT2D eigenvalue weighted by Crippen LogP contribution is -2.31. The molecule has 9 heteroatoms. The van der Waals surface area contributed by atoms with Gasteiger partial charge in [0.25, 0.3) is 0 Å². The van der Waals surface area contributed by atoms with E-state index in [4.69, 9.17) is 0 Å². The van der Waals surface area contributed by atoms with Gasteiger partial charge in [-0.05, 0) is 25.8 Å². The predicted octanol–water partition coefficient (Wildman–Crippen LogP) is 2.95. The van der Waals surface area contributed by atoms with E-state index in [9.17, 15) is 18.0 Å². The summed E-state index contributed by atoms with van der Waals surface area (Å²) >= 11 is 0. The lowest BCUT2D eigenvalue weighted by Gasteiger charge is -2.14. The number of carbonyl (C=O) groups is 1. The molecule has 1 aliphatic rings. The molecular formula is C17H22F3N5O. The molecule has 0 bridgehead atoms. The monoisotopic (exact) mass is 369 g/mol. The maximum Gasteiger partial charge on any atom is 0.435 e. The summed E-state index contributed by atoms with van der Waals surface area (Å²) in [6.07, 6.45) is 0.789. The van der Waals surface area contributed by atoms with Gasteiger partial charge in [0.1, 0.15) is 0 Å². The smallest absolute Gasteiger partial charge is 0.352 e. The number of hydrogen-bond acceptors (Lipinski definition) is 3. The highest BCUT2D eigenvalue weighted by Crippen LogP contribution is 2.42. The van der Waals surface area contributed by atoms with Crippen molar-refractivity contribution in [3.05, 3.63) is 35.4 Å². The number of nitrogens with one attached hydrogen (secondary N) is 1. The van der Waals surface area contributed by atoms with Crippen LogP contribution < -0.4 is 5.32 Å². The normalized spacial score (nSPS) is 15.9. The summed E-state index contributed by atoms with van der Waals surface area (Å²) in [6, 6.07) is 1.11. The molecule has 0 saturated heterocycles. The Kier molecular flexibility index (Phi) is 5.06. The number of aromatic nitrogens is 4. The summed E-state index contributed by atoms with van der Waals surface area (Å²) in [4.78, 5) is 12.3. The van der Waals surface area contributed by atoms with Crippen LogP contribution in [0.1, 0.15) is 49.6 Å². The number of alkyl halides is 3. The molecule has 6 nitrogen and oxygen atoms in total. The fraction of sp³-hybridized carbons (Fsp3) is 0.588. The minimum absolute atomic E-state index is 0.119. The molecule has 1 atom stereocenters. The summed E-state index contributed by atoms with van der Waals surface area (Å²) < 4.78 is 41.9. The molecule has 1 saturated carbocycles. The molecule has 1 fully saturated rings. The Morgan fingerprint density at radius 2 is 2.15 bits per heavy atom. The van der Waals surface area contributed by atoms with Gasteiger partial charge in [0.05, 0.1) is 18.7 Å². The molecule has 1 amide bonds. The maximum atomic E-state index is 12.9. The molecule has 142 valence electrons. The van der Waals surface area contributed by atoms with E-state index in [1.54, 1.807) is 17.8 Å². The van der Waals surface area contributed by atoms with Gasteiger partial charge in [-0.25, -0.2) is 0 Å². The number of carbonyl (C=O) groups excluding carboxylic acids is 1. The number of halogens is 3. The van der Waals surface area contributed by atoms with Crippen LogP contribution in [0.25, 0.3) is 0 Å². The average molecular weight is 369 g/mol. The third kappa shape index (κ3) is 4.25. The summed E-state index contributed by atoms with van der Waals surface area (Å²) in [6.45, 7) is 4.87. The number of nitrogens with zero attached hydrogens (tertiary/aromatic N) is 4. The molecule has 1 aliphatic carbocycles. The largest absolute Gasteiger partial charge is 0.435 e. The van der Waals surface area contributed by atoms with Crippen LogP contribution in [-0.2, 0) is 30.6 Å². The summed E-state index contributed by atoms with van der Waals surface area (Å²) in [5, 5.41) is 10.6. The van der Waals surface area contributed by atoms with Gasteiger partial charge in [-0.2, -0.15) is 23.4 Å². The predicted molar refractivity (Wildman–Crippen MR) is 88.1 cm³/mol. The molecule has 2 aromatic rings. The first-order valence-electron chi connectivity index (χ1n) is 8.72. The average Bonchev–Trinajstić information content (AvgIpc) is 3.16. The Morgan fingerprint density at radius 1 is 1.42 bits per heavy atom. The van der Waals surface area contributed by atoms with Crippen molar-refractivity contribution in [1.29, 1.82) is 0 Å². The Bertz CT molecular complexity index is 776. The van der Waals surface area contributed by atoms with Crippen molar-refractivity contribution in [3.63, 3.8) is 0 Å². The minimum atomic E-state index is -4.47. The summed E-state index contributed by atoms with van der Waals surface area (Å²) in [7, 11) is 0. The van der Waals surface area contributed by atoms with E-state index in [1.165, 1.54) is 4.68 Å².